The predicted octanol–water partition coefficient (Wildman–Crippen LogP) is 1.97. The Bertz CT molecular complexity index is 585. The number of hydrogen-bond acceptors (Lipinski definition) is 4. The minimum atomic E-state index is -1.57. The van der Waals surface area contributed by atoms with Crippen LogP contribution in [0.5, 0.6) is 5.88 Å². The molecule has 1 saturated carbocycles. The summed E-state index contributed by atoms with van der Waals surface area (Å²) in [6.45, 7) is 2.32. The molecule has 124 valence electrons. The predicted molar refractivity (Wildman–Crippen MR) is 80.8 cm³/mol. The normalized spacial score (nSPS) is 26.8. The molecule has 1 atom stereocenters. The molecule has 0 aromatic carbocycles. The number of carbonyl (C=O) groups excluding carboxylic acids is 1. The van der Waals surface area contributed by atoms with E-state index in [4.69, 9.17) is 9.47 Å². The molecule has 0 bridgehead atoms. The Kier molecular flexibility index (Phi) is 3.52. The van der Waals surface area contributed by atoms with Gasteiger partial charge >= 0.3 is 0 Å². The number of amides is 1. The van der Waals surface area contributed by atoms with Crippen molar-refractivity contribution in [3.63, 3.8) is 0 Å². The van der Waals surface area contributed by atoms with Gasteiger partial charge in [-0.05, 0) is 37.7 Å². The fourth-order valence-corrected chi connectivity index (χ4v) is 3.63. The summed E-state index contributed by atoms with van der Waals surface area (Å²) in [6.07, 6.45) is 4.28. The summed E-state index contributed by atoms with van der Waals surface area (Å²) >= 11 is 0. The van der Waals surface area contributed by atoms with Gasteiger partial charge in [0.05, 0.1) is 19.7 Å². The van der Waals surface area contributed by atoms with E-state index in [1.807, 2.05) is 18.2 Å². The number of likely N-dealkylation sites (tertiary alicyclic amines) is 1. The Balaban J connectivity index is 1.29. The second-order valence-corrected chi connectivity index (χ2v) is 6.83. The van der Waals surface area contributed by atoms with Gasteiger partial charge in [-0.1, -0.05) is 6.07 Å². The topological polar surface area (TPSA) is 51.7 Å². The molecule has 23 heavy (non-hydrogen) atoms. The molecule has 1 aromatic heterocycles. The molecule has 2 saturated heterocycles. The second kappa shape index (κ2) is 5.44. The van der Waals surface area contributed by atoms with Crippen molar-refractivity contribution >= 4 is 5.91 Å². The summed E-state index contributed by atoms with van der Waals surface area (Å²) in [4.78, 5) is 17.8. The molecule has 0 N–H and O–H groups in total. The van der Waals surface area contributed by atoms with E-state index in [2.05, 4.69) is 4.98 Å². The lowest BCUT2D eigenvalue weighted by atomic mass is 9.79. The van der Waals surface area contributed by atoms with Crippen molar-refractivity contribution in [3.8, 4) is 5.88 Å². The van der Waals surface area contributed by atoms with Gasteiger partial charge in [-0.3, -0.25) is 4.79 Å². The third kappa shape index (κ3) is 2.69. The van der Waals surface area contributed by atoms with Gasteiger partial charge in [0.1, 0.15) is 5.60 Å². The third-order valence-electron chi connectivity index (χ3n) is 5.23. The van der Waals surface area contributed by atoms with E-state index >= 15 is 0 Å². The zero-order valence-electron chi connectivity index (χ0n) is 13.0. The maximum Gasteiger partial charge on any atom is 0.260 e. The molecule has 1 aromatic rings. The Hall–Kier alpha value is -1.69. The van der Waals surface area contributed by atoms with E-state index in [0.29, 0.717) is 50.9 Å². The molecule has 3 aliphatic rings. The number of halogens is 1. The van der Waals surface area contributed by atoms with Crippen LogP contribution in [-0.2, 0) is 9.53 Å². The van der Waals surface area contributed by atoms with Crippen molar-refractivity contribution in [2.45, 2.75) is 37.0 Å². The standard InChI is InChI=1S/C17H21FN2O3/c18-16(6-7-16)15(21)20-11-17(12-20)13(5-10-23-17)4-9-22-14-3-1-2-8-19-14/h1-3,8,13H,4-7,9-12H2/t13-/m0/s1. The summed E-state index contributed by atoms with van der Waals surface area (Å²) in [5.74, 6) is 0.631. The highest BCUT2D eigenvalue weighted by Gasteiger charge is 2.60. The molecule has 3 fully saturated rings. The molecular formula is C17H21FN2O3. The van der Waals surface area contributed by atoms with Crippen molar-refractivity contribution in [1.29, 1.82) is 0 Å². The van der Waals surface area contributed by atoms with E-state index in [0.717, 1.165) is 12.8 Å². The molecule has 6 heteroatoms. The maximum atomic E-state index is 13.9. The van der Waals surface area contributed by atoms with Gasteiger partial charge in [0, 0.05) is 18.9 Å². The molecule has 1 amide bonds. The van der Waals surface area contributed by atoms with E-state index in [1.54, 1.807) is 11.1 Å². The van der Waals surface area contributed by atoms with Crippen molar-refractivity contribution < 1.29 is 18.7 Å². The highest BCUT2D eigenvalue weighted by Crippen LogP contribution is 2.47. The lowest BCUT2D eigenvalue weighted by Gasteiger charge is -2.50. The Morgan fingerprint density at radius 3 is 2.96 bits per heavy atom. The van der Waals surface area contributed by atoms with Crippen molar-refractivity contribution in [2.24, 2.45) is 5.92 Å². The lowest BCUT2D eigenvalue weighted by molar-refractivity contribution is -0.171. The number of hydrogen-bond donors (Lipinski definition) is 0. The number of alkyl halides is 1. The number of aromatic nitrogens is 1. The Morgan fingerprint density at radius 1 is 1.43 bits per heavy atom. The fourth-order valence-electron chi connectivity index (χ4n) is 3.63. The summed E-state index contributed by atoms with van der Waals surface area (Å²) < 4.78 is 25.4. The molecule has 3 heterocycles. The van der Waals surface area contributed by atoms with Gasteiger partial charge in [0.25, 0.3) is 5.91 Å². The first-order valence-corrected chi connectivity index (χ1v) is 8.27. The van der Waals surface area contributed by atoms with E-state index in [9.17, 15) is 9.18 Å². The van der Waals surface area contributed by atoms with Gasteiger partial charge in [0.15, 0.2) is 5.67 Å². The maximum absolute atomic E-state index is 13.9. The molecule has 0 unspecified atom stereocenters. The van der Waals surface area contributed by atoms with Crippen LogP contribution in [0.1, 0.15) is 25.7 Å². The van der Waals surface area contributed by atoms with Gasteiger partial charge in [0.2, 0.25) is 5.88 Å². The molecular weight excluding hydrogens is 299 g/mol. The lowest BCUT2D eigenvalue weighted by Crippen LogP contribution is -2.67. The summed E-state index contributed by atoms with van der Waals surface area (Å²) in [5.41, 5.74) is -1.85. The first-order valence-electron chi connectivity index (χ1n) is 8.27. The zero-order valence-corrected chi connectivity index (χ0v) is 13.0. The highest BCUT2D eigenvalue weighted by molar-refractivity contribution is 5.88. The zero-order chi connectivity index (χ0) is 15.9. The van der Waals surface area contributed by atoms with Crippen molar-refractivity contribution in [3.05, 3.63) is 24.4 Å². The quantitative estimate of drug-likeness (QED) is 0.832. The minimum Gasteiger partial charge on any atom is -0.478 e. The summed E-state index contributed by atoms with van der Waals surface area (Å²) in [7, 11) is 0. The van der Waals surface area contributed by atoms with E-state index in [1.165, 1.54) is 0 Å². The van der Waals surface area contributed by atoms with Crippen LogP contribution in [0.3, 0.4) is 0 Å². The monoisotopic (exact) mass is 320 g/mol. The summed E-state index contributed by atoms with van der Waals surface area (Å²) in [6, 6.07) is 5.58. The highest BCUT2D eigenvalue weighted by atomic mass is 19.1. The molecule has 1 spiro atoms. The number of pyridine rings is 1. The van der Waals surface area contributed by atoms with Crippen LogP contribution < -0.4 is 4.74 Å². The average molecular weight is 320 g/mol. The van der Waals surface area contributed by atoms with Crippen LogP contribution in [0.4, 0.5) is 4.39 Å². The number of nitrogens with zero attached hydrogens (tertiary/aromatic N) is 2. The molecule has 1 aliphatic carbocycles. The number of rotatable bonds is 5. The van der Waals surface area contributed by atoms with Crippen LogP contribution in [-0.4, -0.2) is 53.4 Å². The van der Waals surface area contributed by atoms with Gasteiger partial charge in [-0.2, -0.15) is 0 Å². The fraction of sp³-hybridized carbons (Fsp3) is 0.647. The van der Waals surface area contributed by atoms with Gasteiger partial charge in [-0.25, -0.2) is 9.37 Å². The summed E-state index contributed by atoms with van der Waals surface area (Å²) in [5, 5.41) is 0. The first kappa shape index (κ1) is 14.9. The van der Waals surface area contributed by atoms with Crippen LogP contribution in [0, 0.1) is 5.92 Å². The van der Waals surface area contributed by atoms with E-state index in [-0.39, 0.29) is 11.5 Å². The van der Waals surface area contributed by atoms with Crippen molar-refractivity contribution in [2.75, 3.05) is 26.3 Å². The van der Waals surface area contributed by atoms with Crippen LogP contribution >= 0.6 is 0 Å². The second-order valence-electron chi connectivity index (χ2n) is 6.83. The van der Waals surface area contributed by atoms with E-state index < -0.39 is 5.67 Å². The molecule has 2 aliphatic heterocycles. The Morgan fingerprint density at radius 2 is 2.26 bits per heavy atom. The molecule has 4 rings (SSSR count). The number of carbonyl (C=O) groups is 1. The van der Waals surface area contributed by atoms with Crippen LogP contribution in [0.15, 0.2) is 24.4 Å². The SMILES string of the molecule is O=C(N1CC2(C1)OCC[C@@H]2CCOc1ccccn1)C1(F)CC1. The van der Waals surface area contributed by atoms with Crippen molar-refractivity contribution in [1.82, 2.24) is 9.88 Å². The minimum absolute atomic E-state index is 0.283. The largest absolute Gasteiger partial charge is 0.478 e. The first-order chi connectivity index (χ1) is 11.1. The molecule has 0 radical (unpaired) electrons. The van der Waals surface area contributed by atoms with Crippen LogP contribution in [0.25, 0.3) is 0 Å². The number of ether oxygens (including phenoxy) is 2. The molecule has 5 nitrogen and oxygen atoms in total. The van der Waals surface area contributed by atoms with Gasteiger partial charge < -0.3 is 14.4 Å². The Labute approximate surface area is 134 Å². The smallest absolute Gasteiger partial charge is 0.260 e. The third-order valence-corrected chi connectivity index (χ3v) is 5.23. The van der Waals surface area contributed by atoms with Gasteiger partial charge in [-0.15, -0.1) is 0 Å². The van der Waals surface area contributed by atoms with Crippen LogP contribution in [0.2, 0.25) is 0 Å². The average Bonchev–Trinajstić information content (AvgIpc) is 3.14.